The molecule has 0 aliphatic rings. The summed E-state index contributed by atoms with van der Waals surface area (Å²) < 4.78 is 0. The van der Waals surface area contributed by atoms with Crippen molar-refractivity contribution in [2.45, 2.75) is 18.4 Å². The summed E-state index contributed by atoms with van der Waals surface area (Å²) in [5.74, 6) is 0.0590. The lowest BCUT2D eigenvalue weighted by Gasteiger charge is -2.03. The molecular formula is C11H16N2OS. The predicted molar refractivity (Wildman–Crippen MR) is 63.7 cm³/mol. The minimum absolute atomic E-state index is 0.281. The lowest BCUT2D eigenvalue weighted by atomic mass is 10.2. The van der Waals surface area contributed by atoms with E-state index in [0.29, 0.717) is 5.75 Å². The lowest BCUT2D eigenvalue weighted by molar-refractivity contribution is -0.115. The molecule has 4 heteroatoms. The molecule has 15 heavy (non-hydrogen) atoms. The zero-order valence-corrected chi connectivity index (χ0v) is 9.64. The van der Waals surface area contributed by atoms with Gasteiger partial charge < -0.3 is 11.1 Å². The van der Waals surface area contributed by atoms with E-state index in [9.17, 15) is 4.79 Å². The molecule has 82 valence electrons. The van der Waals surface area contributed by atoms with Gasteiger partial charge in [-0.1, -0.05) is 19.1 Å². The summed E-state index contributed by atoms with van der Waals surface area (Å²) in [5, 5.41) is 3.25. The summed E-state index contributed by atoms with van der Waals surface area (Å²) in [6.07, 6.45) is 0. The van der Waals surface area contributed by atoms with E-state index in [1.807, 2.05) is 12.1 Å². The smallest absolute Gasteiger partial charge is 0.227 e. The first-order valence-corrected chi connectivity index (χ1v) is 5.91. The summed E-state index contributed by atoms with van der Waals surface area (Å²) in [4.78, 5) is 11.7. The number of benzene rings is 1. The molecule has 0 spiro atoms. The third-order valence-electron chi connectivity index (χ3n) is 1.88. The van der Waals surface area contributed by atoms with Gasteiger partial charge in [0.1, 0.15) is 0 Å². The van der Waals surface area contributed by atoms with Gasteiger partial charge in [0, 0.05) is 11.4 Å². The number of hydrogen-bond donors (Lipinski definition) is 2. The van der Waals surface area contributed by atoms with Crippen molar-refractivity contribution in [2.75, 3.05) is 12.3 Å². The van der Waals surface area contributed by atoms with Crippen molar-refractivity contribution in [1.82, 2.24) is 5.32 Å². The second kappa shape index (κ2) is 6.48. The number of carbonyl (C=O) groups excluding carboxylic acids is 1. The maximum atomic E-state index is 10.6. The highest BCUT2D eigenvalue weighted by atomic mass is 32.2. The first-order chi connectivity index (χ1) is 7.22. The Morgan fingerprint density at radius 1 is 1.40 bits per heavy atom. The van der Waals surface area contributed by atoms with Gasteiger partial charge in [-0.3, -0.25) is 4.79 Å². The molecule has 0 radical (unpaired) electrons. The Morgan fingerprint density at radius 3 is 2.60 bits per heavy atom. The highest BCUT2D eigenvalue weighted by Crippen LogP contribution is 2.17. The number of nitrogens with one attached hydrogen (secondary N) is 1. The molecule has 0 atom stereocenters. The van der Waals surface area contributed by atoms with E-state index < -0.39 is 0 Å². The predicted octanol–water partition coefficient (Wildman–Crippen LogP) is 1.37. The molecule has 0 aromatic heterocycles. The maximum Gasteiger partial charge on any atom is 0.227 e. The van der Waals surface area contributed by atoms with Gasteiger partial charge >= 0.3 is 0 Å². The van der Waals surface area contributed by atoms with Crippen molar-refractivity contribution in [3.63, 3.8) is 0 Å². The van der Waals surface area contributed by atoms with E-state index in [1.54, 1.807) is 0 Å². The molecule has 0 saturated heterocycles. The first-order valence-electron chi connectivity index (χ1n) is 4.93. The van der Waals surface area contributed by atoms with Gasteiger partial charge in [0.05, 0.1) is 5.75 Å². The van der Waals surface area contributed by atoms with Gasteiger partial charge in [-0.05, 0) is 24.2 Å². The van der Waals surface area contributed by atoms with Crippen LogP contribution in [-0.4, -0.2) is 18.2 Å². The summed E-state index contributed by atoms with van der Waals surface area (Å²) in [7, 11) is 0. The van der Waals surface area contributed by atoms with Gasteiger partial charge in [-0.2, -0.15) is 0 Å². The first kappa shape index (κ1) is 12.1. The van der Waals surface area contributed by atoms with Crippen molar-refractivity contribution in [3.8, 4) is 0 Å². The van der Waals surface area contributed by atoms with Crippen molar-refractivity contribution in [3.05, 3.63) is 29.8 Å². The third kappa shape index (κ3) is 4.85. The van der Waals surface area contributed by atoms with Crippen LogP contribution in [-0.2, 0) is 11.3 Å². The number of carbonyl (C=O) groups is 1. The fraction of sp³-hybridized carbons (Fsp3) is 0.364. The molecule has 0 fully saturated rings. The molecule has 0 bridgehead atoms. The lowest BCUT2D eigenvalue weighted by Crippen LogP contribution is -2.13. The quantitative estimate of drug-likeness (QED) is 0.718. The van der Waals surface area contributed by atoms with Gasteiger partial charge in [-0.15, -0.1) is 11.8 Å². The average Bonchev–Trinajstić information content (AvgIpc) is 2.25. The molecule has 1 rings (SSSR count). The number of primary amides is 1. The van der Waals surface area contributed by atoms with Crippen molar-refractivity contribution in [1.29, 1.82) is 0 Å². The SMILES string of the molecule is CCNCc1ccc(SCC(N)=O)cc1. The number of amides is 1. The largest absolute Gasteiger partial charge is 0.369 e. The molecule has 0 unspecified atom stereocenters. The fourth-order valence-electron chi connectivity index (χ4n) is 1.13. The number of thioether (sulfide) groups is 1. The van der Waals surface area contributed by atoms with Crippen molar-refractivity contribution in [2.24, 2.45) is 5.73 Å². The van der Waals surface area contributed by atoms with Crippen LogP contribution in [0.2, 0.25) is 0 Å². The fourth-order valence-corrected chi connectivity index (χ4v) is 1.76. The standard InChI is InChI=1S/C11H16N2OS/c1-2-13-7-9-3-5-10(6-4-9)15-8-11(12)14/h3-6,13H,2,7-8H2,1H3,(H2,12,14). The molecule has 0 aliphatic carbocycles. The van der Waals surface area contributed by atoms with Crippen molar-refractivity contribution >= 4 is 17.7 Å². The van der Waals surface area contributed by atoms with Gasteiger partial charge in [0.25, 0.3) is 0 Å². The Hall–Kier alpha value is -1.00. The van der Waals surface area contributed by atoms with E-state index in [2.05, 4.69) is 24.4 Å². The highest BCUT2D eigenvalue weighted by Gasteiger charge is 1.98. The van der Waals surface area contributed by atoms with Crippen LogP contribution in [0.4, 0.5) is 0 Å². The second-order valence-electron chi connectivity index (χ2n) is 3.18. The second-order valence-corrected chi connectivity index (χ2v) is 4.23. The van der Waals surface area contributed by atoms with Crippen LogP contribution < -0.4 is 11.1 Å². The molecule has 0 aliphatic heterocycles. The van der Waals surface area contributed by atoms with E-state index in [-0.39, 0.29) is 5.91 Å². The number of nitrogens with two attached hydrogens (primary N) is 1. The summed E-state index contributed by atoms with van der Waals surface area (Å²) >= 11 is 1.47. The Labute approximate surface area is 94.4 Å². The Bertz CT molecular complexity index is 311. The molecule has 1 amide bonds. The molecule has 0 heterocycles. The van der Waals surface area contributed by atoms with Crippen LogP contribution in [0.1, 0.15) is 12.5 Å². The number of rotatable bonds is 6. The normalized spacial score (nSPS) is 10.2. The summed E-state index contributed by atoms with van der Waals surface area (Å²) in [6.45, 7) is 3.94. The van der Waals surface area contributed by atoms with Crippen LogP contribution in [0.25, 0.3) is 0 Å². The summed E-state index contributed by atoms with van der Waals surface area (Å²) in [5.41, 5.74) is 6.32. The Balaban J connectivity index is 2.45. The molecule has 1 aromatic carbocycles. The van der Waals surface area contributed by atoms with Crippen LogP contribution in [0.5, 0.6) is 0 Å². The van der Waals surface area contributed by atoms with Crippen LogP contribution >= 0.6 is 11.8 Å². The molecule has 1 aromatic rings. The summed E-state index contributed by atoms with van der Waals surface area (Å²) in [6, 6.07) is 8.15. The molecule has 3 N–H and O–H groups in total. The highest BCUT2D eigenvalue weighted by molar-refractivity contribution is 8.00. The monoisotopic (exact) mass is 224 g/mol. The van der Waals surface area contributed by atoms with Crippen LogP contribution in [0.3, 0.4) is 0 Å². The topological polar surface area (TPSA) is 55.1 Å². The zero-order chi connectivity index (χ0) is 11.1. The molecule has 3 nitrogen and oxygen atoms in total. The Morgan fingerprint density at radius 2 is 2.07 bits per heavy atom. The van der Waals surface area contributed by atoms with Crippen LogP contribution in [0, 0.1) is 0 Å². The van der Waals surface area contributed by atoms with E-state index >= 15 is 0 Å². The van der Waals surface area contributed by atoms with Gasteiger partial charge in [0.15, 0.2) is 0 Å². The van der Waals surface area contributed by atoms with E-state index in [4.69, 9.17) is 5.73 Å². The third-order valence-corrected chi connectivity index (χ3v) is 2.92. The minimum atomic E-state index is -0.281. The Kier molecular flexibility index (Phi) is 5.21. The van der Waals surface area contributed by atoms with Gasteiger partial charge in [0.2, 0.25) is 5.91 Å². The van der Waals surface area contributed by atoms with Crippen molar-refractivity contribution < 1.29 is 4.79 Å². The minimum Gasteiger partial charge on any atom is -0.369 e. The van der Waals surface area contributed by atoms with E-state index in [1.165, 1.54) is 17.3 Å². The van der Waals surface area contributed by atoms with Crippen LogP contribution in [0.15, 0.2) is 29.2 Å². The molecular weight excluding hydrogens is 208 g/mol. The maximum absolute atomic E-state index is 10.6. The zero-order valence-electron chi connectivity index (χ0n) is 8.82. The average molecular weight is 224 g/mol. The van der Waals surface area contributed by atoms with E-state index in [0.717, 1.165) is 18.0 Å². The van der Waals surface area contributed by atoms with Gasteiger partial charge in [-0.25, -0.2) is 0 Å². The molecule has 0 saturated carbocycles. The number of hydrogen-bond acceptors (Lipinski definition) is 3.